The molecule has 0 radical (unpaired) electrons. The molecule has 1 aliphatic heterocycles. The highest BCUT2D eigenvalue weighted by Crippen LogP contribution is 2.31. The molecule has 1 unspecified atom stereocenters. The molecule has 1 atom stereocenters. The van der Waals surface area contributed by atoms with Gasteiger partial charge in [-0.05, 0) is 34.5 Å². The lowest BCUT2D eigenvalue weighted by Gasteiger charge is -2.13. The number of ether oxygens (including phenoxy) is 1. The van der Waals surface area contributed by atoms with Crippen LogP contribution >= 0.6 is 27.5 Å². The van der Waals surface area contributed by atoms with E-state index >= 15 is 0 Å². The van der Waals surface area contributed by atoms with Gasteiger partial charge in [-0.3, -0.25) is 0 Å². The molecule has 0 aromatic heterocycles. The number of benzene rings is 1. The standard InChI is InChI=1S/C10H12BrClN2O3S/c11-10-8(13)3-6(12)4-9(10)18(15,16)14-7-1-2-17-5-7/h3-4,7,14H,1-2,5,13H2. The van der Waals surface area contributed by atoms with Crippen LogP contribution in [-0.4, -0.2) is 27.7 Å². The number of anilines is 1. The lowest BCUT2D eigenvalue weighted by Crippen LogP contribution is -2.35. The molecule has 0 spiro atoms. The predicted octanol–water partition coefficient (Wildman–Crippen LogP) is 1.75. The van der Waals surface area contributed by atoms with E-state index in [1.807, 2.05) is 0 Å². The molecule has 0 saturated carbocycles. The van der Waals surface area contributed by atoms with Gasteiger partial charge in [0.05, 0.1) is 16.0 Å². The fraction of sp³-hybridized carbons (Fsp3) is 0.400. The summed E-state index contributed by atoms with van der Waals surface area (Å²) in [6, 6.07) is 2.64. The van der Waals surface area contributed by atoms with Crippen LogP contribution in [0.4, 0.5) is 5.69 Å². The molecular weight excluding hydrogens is 344 g/mol. The Hall–Kier alpha value is -0.340. The number of halogens is 2. The Morgan fingerprint density at radius 1 is 1.50 bits per heavy atom. The molecule has 1 saturated heterocycles. The van der Waals surface area contributed by atoms with E-state index in [0.717, 1.165) is 0 Å². The monoisotopic (exact) mass is 354 g/mol. The number of hydrogen-bond acceptors (Lipinski definition) is 4. The third kappa shape index (κ3) is 2.97. The highest BCUT2D eigenvalue weighted by Gasteiger charge is 2.26. The van der Waals surface area contributed by atoms with Crippen LogP contribution in [0.5, 0.6) is 0 Å². The van der Waals surface area contributed by atoms with Crippen LogP contribution in [0.2, 0.25) is 5.02 Å². The molecule has 0 aliphatic carbocycles. The van der Waals surface area contributed by atoms with E-state index in [2.05, 4.69) is 20.7 Å². The summed E-state index contributed by atoms with van der Waals surface area (Å²) in [6.07, 6.45) is 0.660. The van der Waals surface area contributed by atoms with Gasteiger partial charge >= 0.3 is 0 Å². The minimum Gasteiger partial charge on any atom is -0.398 e. The first-order valence-electron chi connectivity index (χ1n) is 5.25. The van der Waals surface area contributed by atoms with Gasteiger partial charge in [-0.2, -0.15) is 0 Å². The predicted molar refractivity (Wildman–Crippen MR) is 73.1 cm³/mol. The largest absolute Gasteiger partial charge is 0.398 e. The van der Waals surface area contributed by atoms with Crippen molar-refractivity contribution in [1.29, 1.82) is 0 Å². The minimum atomic E-state index is -3.66. The molecule has 18 heavy (non-hydrogen) atoms. The number of nitrogen functional groups attached to an aromatic ring is 1. The Kier molecular flexibility index (Phi) is 4.18. The average Bonchev–Trinajstić information content (AvgIpc) is 2.75. The van der Waals surface area contributed by atoms with Crippen LogP contribution in [0.25, 0.3) is 0 Å². The fourth-order valence-electron chi connectivity index (χ4n) is 1.69. The van der Waals surface area contributed by atoms with Crippen LogP contribution in [0.15, 0.2) is 21.5 Å². The first-order chi connectivity index (χ1) is 8.40. The third-order valence-corrected chi connectivity index (χ3v) is 5.48. The van der Waals surface area contributed by atoms with Gasteiger partial charge < -0.3 is 10.5 Å². The van der Waals surface area contributed by atoms with Crippen LogP contribution in [-0.2, 0) is 14.8 Å². The zero-order valence-corrected chi connectivity index (χ0v) is 12.5. The fourth-order valence-corrected chi connectivity index (χ4v) is 4.24. The summed E-state index contributed by atoms with van der Waals surface area (Å²) in [6.45, 7) is 0.943. The first-order valence-corrected chi connectivity index (χ1v) is 7.90. The molecule has 1 aromatic rings. The number of rotatable bonds is 3. The van der Waals surface area contributed by atoms with Crippen LogP contribution in [0, 0.1) is 0 Å². The second kappa shape index (κ2) is 5.34. The van der Waals surface area contributed by atoms with Crippen molar-refractivity contribution in [3.05, 3.63) is 21.6 Å². The topological polar surface area (TPSA) is 81.4 Å². The van der Waals surface area contributed by atoms with Crippen LogP contribution in [0.3, 0.4) is 0 Å². The quantitative estimate of drug-likeness (QED) is 0.809. The van der Waals surface area contributed by atoms with E-state index in [0.29, 0.717) is 24.1 Å². The minimum absolute atomic E-state index is 0.0411. The number of nitrogens with two attached hydrogens (primary N) is 1. The van der Waals surface area contributed by atoms with E-state index in [1.54, 1.807) is 0 Å². The van der Waals surface area contributed by atoms with Gasteiger partial charge in [0.15, 0.2) is 0 Å². The number of sulfonamides is 1. The van der Waals surface area contributed by atoms with Crippen molar-refractivity contribution >= 4 is 43.2 Å². The molecule has 3 N–H and O–H groups in total. The van der Waals surface area contributed by atoms with Crippen molar-refractivity contribution in [3.63, 3.8) is 0 Å². The summed E-state index contributed by atoms with van der Waals surface area (Å²) in [5, 5.41) is 0.277. The Bertz CT molecular complexity index is 558. The Labute approximate surface area is 119 Å². The molecule has 0 bridgehead atoms. The van der Waals surface area contributed by atoms with Crippen LogP contribution in [0.1, 0.15) is 6.42 Å². The molecule has 8 heteroatoms. The summed E-state index contributed by atoms with van der Waals surface area (Å²) in [4.78, 5) is 0.0411. The van der Waals surface area contributed by atoms with Crippen molar-refractivity contribution in [1.82, 2.24) is 4.72 Å². The second-order valence-corrected chi connectivity index (χ2v) is 6.90. The Morgan fingerprint density at radius 2 is 2.22 bits per heavy atom. The molecular formula is C10H12BrClN2O3S. The lowest BCUT2D eigenvalue weighted by molar-refractivity contribution is 0.192. The van der Waals surface area contributed by atoms with E-state index in [-0.39, 0.29) is 21.6 Å². The van der Waals surface area contributed by atoms with Crippen molar-refractivity contribution in [2.75, 3.05) is 18.9 Å². The van der Waals surface area contributed by atoms with Crippen molar-refractivity contribution in [2.45, 2.75) is 17.4 Å². The molecule has 5 nitrogen and oxygen atoms in total. The van der Waals surface area contributed by atoms with Crippen molar-refractivity contribution < 1.29 is 13.2 Å². The summed E-state index contributed by atoms with van der Waals surface area (Å²) >= 11 is 8.99. The van der Waals surface area contributed by atoms with E-state index < -0.39 is 10.0 Å². The molecule has 1 aromatic carbocycles. The number of hydrogen-bond donors (Lipinski definition) is 2. The third-order valence-electron chi connectivity index (χ3n) is 2.57. The maximum absolute atomic E-state index is 12.2. The average molecular weight is 356 g/mol. The Balaban J connectivity index is 2.34. The first kappa shape index (κ1) is 14.1. The maximum atomic E-state index is 12.2. The van der Waals surface area contributed by atoms with Gasteiger partial charge in [0.2, 0.25) is 10.0 Å². The molecule has 1 fully saturated rings. The lowest BCUT2D eigenvalue weighted by atomic mass is 10.3. The van der Waals surface area contributed by atoms with E-state index in [1.165, 1.54) is 12.1 Å². The van der Waals surface area contributed by atoms with Gasteiger partial charge in [0.1, 0.15) is 0 Å². The van der Waals surface area contributed by atoms with Gasteiger partial charge in [-0.15, -0.1) is 0 Å². The van der Waals surface area contributed by atoms with Crippen LogP contribution < -0.4 is 10.5 Å². The molecule has 2 rings (SSSR count). The second-order valence-electron chi connectivity index (χ2n) is 3.99. The normalized spacial score (nSPS) is 20.2. The molecule has 1 aliphatic rings. The summed E-state index contributed by atoms with van der Waals surface area (Å²) in [7, 11) is -3.66. The molecule has 1 heterocycles. The highest BCUT2D eigenvalue weighted by atomic mass is 79.9. The van der Waals surface area contributed by atoms with E-state index in [4.69, 9.17) is 22.1 Å². The molecule has 100 valence electrons. The summed E-state index contributed by atoms with van der Waals surface area (Å²) in [5.41, 5.74) is 5.96. The van der Waals surface area contributed by atoms with Crippen molar-refractivity contribution in [3.8, 4) is 0 Å². The Morgan fingerprint density at radius 3 is 2.83 bits per heavy atom. The zero-order valence-electron chi connectivity index (χ0n) is 9.32. The highest BCUT2D eigenvalue weighted by molar-refractivity contribution is 9.10. The van der Waals surface area contributed by atoms with E-state index in [9.17, 15) is 8.42 Å². The summed E-state index contributed by atoms with van der Waals surface area (Å²) in [5.74, 6) is 0. The van der Waals surface area contributed by atoms with Gasteiger partial charge in [0.25, 0.3) is 0 Å². The van der Waals surface area contributed by atoms with Gasteiger partial charge in [-0.25, -0.2) is 13.1 Å². The smallest absolute Gasteiger partial charge is 0.242 e. The molecule has 0 amide bonds. The zero-order chi connectivity index (χ0) is 13.3. The van der Waals surface area contributed by atoms with Crippen molar-refractivity contribution in [2.24, 2.45) is 0 Å². The number of nitrogens with one attached hydrogen (secondary N) is 1. The van der Waals surface area contributed by atoms with Gasteiger partial charge in [0, 0.05) is 23.4 Å². The van der Waals surface area contributed by atoms with Gasteiger partial charge in [-0.1, -0.05) is 11.6 Å². The maximum Gasteiger partial charge on any atom is 0.242 e. The SMILES string of the molecule is Nc1cc(Cl)cc(S(=O)(=O)NC2CCOC2)c1Br. The summed E-state index contributed by atoms with van der Waals surface area (Å²) < 4.78 is 32.4.